The van der Waals surface area contributed by atoms with E-state index >= 15 is 0 Å². The molecule has 1 saturated carbocycles. The number of nitrogens with zero attached hydrogens (tertiary/aromatic N) is 4. The molecule has 40 heavy (non-hydrogen) atoms. The van der Waals surface area contributed by atoms with Gasteiger partial charge in [0.05, 0.1) is 24.5 Å². The molecule has 1 aromatic heterocycles. The van der Waals surface area contributed by atoms with Crippen molar-refractivity contribution in [3.05, 3.63) is 53.6 Å². The van der Waals surface area contributed by atoms with Gasteiger partial charge in [-0.15, -0.1) is 0 Å². The molecule has 2 aromatic carbocycles. The van der Waals surface area contributed by atoms with Crippen LogP contribution in [0.1, 0.15) is 76.8 Å². The molecule has 0 amide bonds. The standard InChI is InChI=1S/C33H44N4O2S/c1-21(2)37-23(4)34(5)32(22(3)38)26-19-35-29-17-24(18-36(37)40)15-16-27(29)31(25-11-7-6-8-12-25)33(35)28-13-9-10-14-30(28)39-20-26/h9-10,13-17,21,23,25-26,32,40H,6-8,11-12,18-20H2,1-5H3. The summed E-state index contributed by atoms with van der Waals surface area (Å²) < 4.78 is 11.2. The Morgan fingerprint density at radius 3 is 2.55 bits per heavy atom. The largest absolute Gasteiger partial charge is 0.492 e. The van der Waals surface area contributed by atoms with Gasteiger partial charge < -0.3 is 9.30 Å². The van der Waals surface area contributed by atoms with E-state index in [9.17, 15) is 4.79 Å². The Bertz CT molecular complexity index is 1390. The zero-order valence-electron chi connectivity index (χ0n) is 24.6. The van der Waals surface area contributed by atoms with E-state index in [2.05, 4.69) is 84.8 Å². The van der Waals surface area contributed by atoms with Crippen molar-refractivity contribution in [2.75, 3.05) is 13.7 Å². The van der Waals surface area contributed by atoms with Crippen molar-refractivity contribution in [3.8, 4) is 17.0 Å². The molecule has 3 unspecified atom stereocenters. The normalized spacial score (nSPS) is 25.3. The van der Waals surface area contributed by atoms with Crippen LogP contribution in [0.4, 0.5) is 0 Å². The Kier molecular flexibility index (Phi) is 7.77. The van der Waals surface area contributed by atoms with Gasteiger partial charge in [-0.3, -0.25) is 9.69 Å². The highest BCUT2D eigenvalue weighted by molar-refractivity contribution is 7.77. The molecule has 7 heteroatoms. The molecular weight excluding hydrogens is 516 g/mol. The number of para-hydroxylation sites is 1. The van der Waals surface area contributed by atoms with Crippen LogP contribution in [0, 0.1) is 5.92 Å². The fourth-order valence-electron chi connectivity index (χ4n) is 7.77. The van der Waals surface area contributed by atoms with E-state index in [0.29, 0.717) is 19.1 Å². The SMILES string of the molecule is CC(=O)C1C2COc3ccccc3-c3c(C4CCCCC4)c4ccc(cc4n3C2)CN(S)N(C(C)C)C(C)N1C. The Hall–Kier alpha value is -2.32. The van der Waals surface area contributed by atoms with Crippen LogP contribution in [0.2, 0.25) is 0 Å². The first kappa shape index (κ1) is 27.8. The zero-order valence-corrected chi connectivity index (χ0v) is 25.5. The molecule has 3 aliphatic rings. The minimum Gasteiger partial charge on any atom is -0.492 e. The summed E-state index contributed by atoms with van der Waals surface area (Å²) in [6.45, 7) is 10.2. The molecule has 0 radical (unpaired) electrons. The maximum Gasteiger partial charge on any atom is 0.147 e. The maximum atomic E-state index is 13.5. The van der Waals surface area contributed by atoms with Gasteiger partial charge in [0.25, 0.3) is 0 Å². The van der Waals surface area contributed by atoms with Crippen LogP contribution in [0.25, 0.3) is 22.2 Å². The Balaban J connectivity index is 1.64. The van der Waals surface area contributed by atoms with E-state index in [0.717, 1.165) is 12.3 Å². The molecule has 0 saturated heterocycles. The monoisotopic (exact) mass is 560 g/mol. The van der Waals surface area contributed by atoms with Gasteiger partial charge in [0.2, 0.25) is 0 Å². The summed E-state index contributed by atoms with van der Waals surface area (Å²) in [4.78, 5) is 15.7. The van der Waals surface area contributed by atoms with E-state index < -0.39 is 0 Å². The summed E-state index contributed by atoms with van der Waals surface area (Å²) in [5, 5.41) is 3.63. The average Bonchev–Trinajstić information content (AvgIpc) is 3.22. The average molecular weight is 561 g/mol. The summed E-state index contributed by atoms with van der Waals surface area (Å²) in [5.41, 5.74) is 6.45. The second-order valence-corrected chi connectivity index (χ2v) is 12.9. The minimum atomic E-state index is -0.297. The van der Waals surface area contributed by atoms with Crippen molar-refractivity contribution in [1.82, 2.24) is 18.9 Å². The Morgan fingerprint density at radius 2 is 1.82 bits per heavy atom. The van der Waals surface area contributed by atoms with Crippen LogP contribution in [-0.4, -0.2) is 56.6 Å². The summed E-state index contributed by atoms with van der Waals surface area (Å²) in [6, 6.07) is 15.5. The molecular formula is C33H44N4O2S. The molecule has 2 aliphatic heterocycles. The van der Waals surface area contributed by atoms with Crippen molar-refractivity contribution >= 4 is 29.5 Å². The van der Waals surface area contributed by atoms with Gasteiger partial charge >= 0.3 is 0 Å². The topological polar surface area (TPSA) is 41.0 Å². The van der Waals surface area contributed by atoms with E-state index in [1.54, 1.807) is 6.92 Å². The molecule has 3 aromatic rings. The van der Waals surface area contributed by atoms with Crippen LogP contribution in [0.3, 0.4) is 0 Å². The smallest absolute Gasteiger partial charge is 0.147 e. The third-order valence-electron chi connectivity index (χ3n) is 9.59. The molecule has 3 atom stereocenters. The first-order chi connectivity index (χ1) is 19.3. The van der Waals surface area contributed by atoms with Crippen LogP contribution < -0.4 is 4.74 Å². The molecule has 6 nitrogen and oxygen atoms in total. The summed E-state index contributed by atoms with van der Waals surface area (Å²) in [7, 11) is 2.09. The van der Waals surface area contributed by atoms with Crippen molar-refractivity contribution < 1.29 is 9.53 Å². The lowest BCUT2D eigenvalue weighted by Crippen LogP contribution is -2.59. The Labute approximate surface area is 244 Å². The lowest BCUT2D eigenvalue weighted by atomic mass is 9.81. The highest BCUT2D eigenvalue weighted by Crippen LogP contribution is 2.47. The number of hydrogen-bond acceptors (Lipinski definition) is 6. The van der Waals surface area contributed by atoms with E-state index in [4.69, 9.17) is 17.6 Å². The van der Waals surface area contributed by atoms with Crippen LogP contribution in [0.5, 0.6) is 5.75 Å². The number of likely N-dealkylation sites (N-methyl/N-ethyl adjacent to an activating group) is 1. The fourth-order valence-corrected chi connectivity index (χ4v) is 8.29. The summed E-state index contributed by atoms with van der Waals surface area (Å²) >= 11 is 5.01. The number of fused-ring (bicyclic) bond motifs is 4. The number of ketones is 1. The second-order valence-electron chi connectivity index (χ2n) is 12.5. The molecule has 6 rings (SSSR count). The van der Waals surface area contributed by atoms with Crippen LogP contribution >= 0.6 is 12.8 Å². The Morgan fingerprint density at radius 1 is 1.07 bits per heavy atom. The number of carbonyl (C=O) groups excluding carboxylic acids is 1. The molecule has 1 aliphatic carbocycles. The fraction of sp³-hybridized carbons (Fsp3) is 0.545. The molecule has 3 heterocycles. The summed E-state index contributed by atoms with van der Waals surface area (Å²) in [5.74, 6) is 1.61. The number of ether oxygens (including phenoxy) is 1. The van der Waals surface area contributed by atoms with Gasteiger partial charge in [0.15, 0.2) is 0 Å². The number of hydrogen-bond donors (Lipinski definition) is 1. The second kappa shape index (κ2) is 11.2. The van der Waals surface area contributed by atoms with Gasteiger partial charge in [-0.1, -0.05) is 56.3 Å². The molecule has 0 spiro atoms. The number of rotatable bonds is 3. The van der Waals surface area contributed by atoms with Crippen LogP contribution in [-0.2, 0) is 17.9 Å². The van der Waals surface area contributed by atoms with Gasteiger partial charge in [0.1, 0.15) is 11.5 Å². The predicted octanol–water partition coefficient (Wildman–Crippen LogP) is 6.89. The van der Waals surface area contributed by atoms with E-state index in [1.165, 1.54) is 65.4 Å². The van der Waals surface area contributed by atoms with Crippen molar-refractivity contribution in [2.24, 2.45) is 5.92 Å². The zero-order chi connectivity index (χ0) is 28.1. The number of aromatic nitrogens is 1. The predicted molar refractivity (Wildman–Crippen MR) is 165 cm³/mol. The molecule has 0 N–H and O–H groups in total. The number of Topliss-reactive ketones (excluding diaryl/α,β-unsaturated/α-hetero) is 1. The number of benzene rings is 2. The van der Waals surface area contributed by atoms with E-state index in [1.807, 2.05) is 4.41 Å². The first-order valence-electron chi connectivity index (χ1n) is 15.1. The third-order valence-corrected chi connectivity index (χ3v) is 9.94. The highest BCUT2D eigenvalue weighted by Gasteiger charge is 2.39. The van der Waals surface area contributed by atoms with Crippen molar-refractivity contribution in [1.29, 1.82) is 0 Å². The van der Waals surface area contributed by atoms with Crippen molar-refractivity contribution in [3.63, 3.8) is 0 Å². The van der Waals surface area contributed by atoms with Crippen molar-refractivity contribution in [2.45, 2.75) is 97.1 Å². The minimum absolute atomic E-state index is 0.0164. The number of thiol groups is 1. The van der Waals surface area contributed by atoms with Gasteiger partial charge in [-0.25, -0.2) is 5.01 Å². The first-order valence-corrected chi connectivity index (χ1v) is 15.5. The molecule has 4 bridgehead atoms. The lowest BCUT2D eigenvalue weighted by molar-refractivity contribution is -0.133. The quantitative estimate of drug-likeness (QED) is 0.354. The van der Waals surface area contributed by atoms with Gasteiger partial charge in [-0.05, 0) is 82.8 Å². The van der Waals surface area contributed by atoms with E-state index in [-0.39, 0.29) is 30.0 Å². The number of hydrazine groups is 1. The third kappa shape index (κ3) is 4.79. The molecule has 214 valence electrons. The summed E-state index contributed by atoms with van der Waals surface area (Å²) in [6.07, 6.45) is 6.31. The maximum absolute atomic E-state index is 13.5. The molecule has 1 fully saturated rings. The van der Waals surface area contributed by atoms with Gasteiger partial charge in [0, 0.05) is 41.5 Å². The highest BCUT2D eigenvalue weighted by atomic mass is 32.1. The number of carbonyl (C=O) groups is 1. The lowest BCUT2D eigenvalue weighted by Gasteiger charge is -2.46. The van der Waals surface area contributed by atoms with Crippen LogP contribution in [0.15, 0.2) is 42.5 Å². The van der Waals surface area contributed by atoms with Gasteiger partial charge in [-0.2, -0.15) is 4.41 Å².